The number of rotatable bonds is 10. The van der Waals surface area contributed by atoms with Crippen molar-refractivity contribution in [2.75, 3.05) is 79.2 Å². The largest absolute Gasteiger partial charge is 0.497 e. The number of methoxy groups -OCH3 is 3. The Bertz CT molecular complexity index is 1390. The fraction of sp³-hybridized carbons (Fsp3) is 0.632. The van der Waals surface area contributed by atoms with Crippen LogP contribution < -0.4 is 15.0 Å². The summed E-state index contributed by atoms with van der Waals surface area (Å²) in [6.07, 6.45) is 6.32. The van der Waals surface area contributed by atoms with Gasteiger partial charge in [0.2, 0.25) is 11.8 Å². The van der Waals surface area contributed by atoms with Crippen LogP contribution in [0.4, 0.5) is 5.69 Å². The van der Waals surface area contributed by atoms with Crippen molar-refractivity contribution < 1.29 is 23.8 Å². The van der Waals surface area contributed by atoms with Crippen molar-refractivity contribution in [2.24, 2.45) is 17.8 Å². The maximum atomic E-state index is 14.7. The first-order valence-electron chi connectivity index (χ1n) is 17.8. The van der Waals surface area contributed by atoms with Crippen LogP contribution in [-0.4, -0.2) is 108 Å². The second-order valence-corrected chi connectivity index (χ2v) is 14.7. The molecule has 0 unspecified atom stereocenters. The van der Waals surface area contributed by atoms with Gasteiger partial charge in [0.05, 0.1) is 25.7 Å². The normalized spacial score (nSPS) is 28.5. The van der Waals surface area contributed by atoms with E-state index in [4.69, 9.17) is 25.8 Å². The number of nitrogens with zero attached hydrogens (tertiary/aromatic N) is 3. The zero-order valence-electron chi connectivity index (χ0n) is 29.0. The Balaban J connectivity index is 1.23. The molecule has 3 aliphatic heterocycles. The Morgan fingerprint density at radius 2 is 1.60 bits per heavy atom. The van der Waals surface area contributed by atoms with Crippen LogP contribution in [0.5, 0.6) is 5.75 Å². The number of likely N-dealkylation sites (tertiary alicyclic amines) is 2. The van der Waals surface area contributed by atoms with E-state index < -0.39 is 0 Å². The minimum absolute atomic E-state index is 0.0364. The molecular formula is C38H53ClN4O5. The zero-order valence-corrected chi connectivity index (χ0v) is 29.8. The molecule has 2 aromatic carbocycles. The molecule has 0 aromatic heterocycles. The van der Waals surface area contributed by atoms with Crippen molar-refractivity contribution in [3.05, 3.63) is 58.6 Å². The fourth-order valence-electron chi connectivity index (χ4n) is 8.93. The number of piperidine rings is 1. The Morgan fingerprint density at radius 3 is 2.25 bits per heavy atom. The molecule has 4 aliphatic rings. The second kappa shape index (κ2) is 15.8. The van der Waals surface area contributed by atoms with Gasteiger partial charge in [0.1, 0.15) is 5.75 Å². The van der Waals surface area contributed by atoms with Crippen LogP contribution in [0.15, 0.2) is 42.5 Å². The van der Waals surface area contributed by atoms with Gasteiger partial charge < -0.3 is 29.3 Å². The molecule has 48 heavy (non-hydrogen) atoms. The number of carbonyl (C=O) groups is 2. The van der Waals surface area contributed by atoms with Crippen LogP contribution in [0.3, 0.4) is 0 Å². The number of carbonyl (C=O) groups excluding carboxylic acids is 2. The summed E-state index contributed by atoms with van der Waals surface area (Å²) in [6.45, 7) is 5.16. The van der Waals surface area contributed by atoms with Gasteiger partial charge in [-0.05, 0) is 73.9 Å². The molecule has 0 bridgehead atoms. The highest BCUT2D eigenvalue weighted by molar-refractivity contribution is 6.30. The lowest BCUT2D eigenvalue weighted by atomic mass is 9.87. The number of benzene rings is 2. The summed E-state index contributed by atoms with van der Waals surface area (Å²) in [5.41, 5.74) is 3.53. The van der Waals surface area contributed by atoms with E-state index in [1.165, 1.54) is 11.1 Å². The number of nitrogens with one attached hydrogen (secondary N) is 1. The van der Waals surface area contributed by atoms with Gasteiger partial charge >= 0.3 is 0 Å². The van der Waals surface area contributed by atoms with Gasteiger partial charge in [-0.2, -0.15) is 0 Å². The smallest absolute Gasteiger partial charge is 0.227 e. The molecule has 2 aromatic rings. The quantitative estimate of drug-likeness (QED) is 0.371. The van der Waals surface area contributed by atoms with E-state index in [-0.39, 0.29) is 41.4 Å². The Kier molecular flexibility index (Phi) is 11.5. The number of halogens is 1. The van der Waals surface area contributed by atoms with Crippen LogP contribution in [0.1, 0.15) is 61.5 Å². The van der Waals surface area contributed by atoms with Gasteiger partial charge in [-0.25, -0.2) is 0 Å². The van der Waals surface area contributed by atoms with Gasteiger partial charge in [0.15, 0.2) is 0 Å². The molecule has 3 saturated heterocycles. The van der Waals surface area contributed by atoms with E-state index in [2.05, 4.69) is 44.3 Å². The van der Waals surface area contributed by atoms with Crippen molar-refractivity contribution >= 4 is 29.1 Å². The maximum absolute atomic E-state index is 14.7. The topological polar surface area (TPSA) is 83.6 Å². The van der Waals surface area contributed by atoms with E-state index in [0.717, 1.165) is 76.1 Å². The number of ether oxygens (including phenoxy) is 3. The Hall–Kier alpha value is -2.85. The number of hydrogen-bond donors (Lipinski definition) is 1. The zero-order chi connectivity index (χ0) is 33.8. The standard InChI is InChI=1S/C38H53ClN4O5/c1-40-37(44)26-15-17-41(18-16-26)36-19-28(39)7-14-32(36)34-22-43(20-27(34)24-46-2)38(45)35-23-42(29-8-12-31(48-4)13-9-29)21-33(35)25-5-10-30(47-3)11-6-25/h5-7,10-11,14,19,26-27,29,31,33-35H,8-9,12-13,15-18,20-24H2,1-4H3,(H,40,44)/t27-,29?,31?,33+,34+,35-/m1/s1. The molecule has 2 amide bonds. The van der Waals surface area contributed by atoms with Crippen molar-refractivity contribution in [1.29, 1.82) is 0 Å². The van der Waals surface area contributed by atoms with E-state index in [1.54, 1.807) is 21.3 Å². The molecular weight excluding hydrogens is 628 g/mol. The lowest BCUT2D eigenvalue weighted by Crippen LogP contribution is -2.40. The lowest BCUT2D eigenvalue weighted by molar-refractivity contribution is -0.134. The van der Waals surface area contributed by atoms with Crippen molar-refractivity contribution in [3.63, 3.8) is 0 Å². The van der Waals surface area contributed by atoms with Crippen LogP contribution in [0, 0.1) is 17.8 Å². The molecule has 1 aliphatic carbocycles. The summed E-state index contributed by atoms with van der Waals surface area (Å²) < 4.78 is 16.9. The maximum Gasteiger partial charge on any atom is 0.227 e. The molecule has 0 radical (unpaired) electrons. The van der Waals surface area contributed by atoms with Crippen LogP contribution in [0.2, 0.25) is 5.02 Å². The molecule has 10 heteroatoms. The lowest BCUT2D eigenvalue weighted by Gasteiger charge is -2.35. The highest BCUT2D eigenvalue weighted by Crippen LogP contribution is 2.43. The van der Waals surface area contributed by atoms with Crippen LogP contribution >= 0.6 is 11.6 Å². The van der Waals surface area contributed by atoms with Crippen molar-refractivity contribution in [3.8, 4) is 5.75 Å². The fourth-order valence-corrected chi connectivity index (χ4v) is 9.10. The van der Waals surface area contributed by atoms with Gasteiger partial charge in [-0.15, -0.1) is 0 Å². The monoisotopic (exact) mass is 680 g/mol. The Morgan fingerprint density at radius 1 is 0.875 bits per heavy atom. The minimum Gasteiger partial charge on any atom is -0.497 e. The molecule has 1 saturated carbocycles. The molecule has 262 valence electrons. The average molecular weight is 681 g/mol. The molecule has 0 spiro atoms. The molecule has 3 heterocycles. The second-order valence-electron chi connectivity index (χ2n) is 14.3. The number of amides is 2. The highest BCUT2D eigenvalue weighted by Gasteiger charge is 2.46. The van der Waals surface area contributed by atoms with Gasteiger partial charge in [-0.1, -0.05) is 29.8 Å². The third kappa shape index (κ3) is 7.49. The third-order valence-corrected chi connectivity index (χ3v) is 11.9. The molecule has 9 nitrogen and oxygen atoms in total. The van der Waals surface area contributed by atoms with Gasteiger partial charge in [-0.3, -0.25) is 14.5 Å². The van der Waals surface area contributed by atoms with Crippen LogP contribution in [0.25, 0.3) is 0 Å². The molecule has 6 rings (SSSR count). The molecule has 4 atom stereocenters. The van der Waals surface area contributed by atoms with Gasteiger partial charge in [0.25, 0.3) is 0 Å². The summed E-state index contributed by atoms with van der Waals surface area (Å²) in [7, 11) is 6.97. The first kappa shape index (κ1) is 35.0. The first-order chi connectivity index (χ1) is 23.3. The summed E-state index contributed by atoms with van der Waals surface area (Å²) in [5.74, 6) is 1.53. The average Bonchev–Trinajstić information content (AvgIpc) is 3.77. The number of hydrogen-bond acceptors (Lipinski definition) is 7. The SMILES string of the molecule is CNC(=O)C1CCN(c2cc(Cl)ccc2[C@H]2CN(C(=O)[C@@H]3CN(C4CCC(OC)CC4)C[C@H]3c3ccc(OC)cc3)C[C@@H]2COC)CC1. The predicted octanol–water partition coefficient (Wildman–Crippen LogP) is 5.17. The summed E-state index contributed by atoms with van der Waals surface area (Å²) in [5, 5.41) is 3.51. The molecule has 1 N–H and O–H groups in total. The molecule has 4 fully saturated rings. The van der Waals surface area contributed by atoms with E-state index >= 15 is 0 Å². The number of anilines is 1. The third-order valence-electron chi connectivity index (χ3n) is 11.7. The highest BCUT2D eigenvalue weighted by atomic mass is 35.5. The summed E-state index contributed by atoms with van der Waals surface area (Å²) >= 11 is 6.59. The predicted molar refractivity (Wildman–Crippen MR) is 189 cm³/mol. The van der Waals surface area contributed by atoms with E-state index in [0.29, 0.717) is 36.9 Å². The van der Waals surface area contributed by atoms with E-state index in [9.17, 15) is 9.59 Å². The van der Waals surface area contributed by atoms with Crippen LogP contribution in [-0.2, 0) is 19.1 Å². The Labute approximate surface area is 291 Å². The summed E-state index contributed by atoms with van der Waals surface area (Å²) in [4.78, 5) is 34.1. The minimum atomic E-state index is -0.117. The van der Waals surface area contributed by atoms with Crippen molar-refractivity contribution in [1.82, 2.24) is 15.1 Å². The van der Waals surface area contributed by atoms with Crippen molar-refractivity contribution in [2.45, 2.75) is 62.5 Å². The van der Waals surface area contributed by atoms with Gasteiger partial charge in [0, 0.05) is 101 Å². The summed E-state index contributed by atoms with van der Waals surface area (Å²) in [6, 6.07) is 15.0. The van der Waals surface area contributed by atoms with E-state index in [1.807, 2.05) is 25.3 Å². The first-order valence-corrected chi connectivity index (χ1v) is 18.2.